The maximum atomic E-state index is 9.57. The van der Waals surface area contributed by atoms with Crippen molar-refractivity contribution in [3.63, 3.8) is 0 Å². The molecular formula is C13H21NO2S. The van der Waals surface area contributed by atoms with Crippen LogP contribution >= 0.6 is 11.3 Å². The molecule has 4 heteroatoms. The summed E-state index contributed by atoms with van der Waals surface area (Å²) in [6.45, 7) is 4.05. The normalized spacial score (nSPS) is 31.4. The molecule has 3 nitrogen and oxygen atoms in total. The highest BCUT2D eigenvalue weighted by Gasteiger charge is 2.39. The minimum absolute atomic E-state index is 0.213. The number of thiazole rings is 1. The molecule has 0 amide bonds. The van der Waals surface area contributed by atoms with E-state index < -0.39 is 6.10 Å². The van der Waals surface area contributed by atoms with Gasteiger partial charge in [0.15, 0.2) is 0 Å². The molecule has 0 bridgehead atoms. The van der Waals surface area contributed by atoms with Crippen molar-refractivity contribution < 1.29 is 9.84 Å². The number of hydrogen-bond donors (Lipinski definition) is 1. The van der Waals surface area contributed by atoms with Gasteiger partial charge >= 0.3 is 0 Å². The van der Waals surface area contributed by atoms with Crippen LogP contribution in [0.4, 0.5) is 0 Å². The summed E-state index contributed by atoms with van der Waals surface area (Å²) in [6, 6.07) is 0. The van der Waals surface area contributed by atoms with E-state index in [-0.39, 0.29) is 5.60 Å². The van der Waals surface area contributed by atoms with E-state index in [2.05, 4.69) is 11.9 Å². The van der Waals surface area contributed by atoms with Gasteiger partial charge in [-0.1, -0.05) is 13.3 Å². The maximum absolute atomic E-state index is 9.57. The summed E-state index contributed by atoms with van der Waals surface area (Å²) in [5.74, 6) is 0.683. The smallest absolute Gasteiger partial charge is 0.125 e. The van der Waals surface area contributed by atoms with Crippen molar-refractivity contribution in [2.45, 2.75) is 51.2 Å². The average Bonchev–Trinajstić information content (AvgIpc) is 2.78. The topological polar surface area (TPSA) is 42.4 Å². The van der Waals surface area contributed by atoms with Crippen molar-refractivity contribution >= 4 is 11.3 Å². The highest BCUT2D eigenvalue weighted by Crippen LogP contribution is 2.44. The van der Waals surface area contributed by atoms with E-state index in [0.717, 1.165) is 22.7 Å². The molecule has 1 saturated carbocycles. The monoisotopic (exact) mass is 255 g/mol. The number of aliphatic hydroxyl groups is 1. The van der Waals surface area contributed by atoms with E-state index in [0.29, 0.717) is 5.92 Å². The van der Waals surface area contributed by atoms with Crippen LogP contribution in [0.3, 0.4) is 0 Å². The van der Waals surface area contributed by atoms with Gasteiger partial charge in [0.2, 0.25) is 0 Å². The molecule has 1 heterocycles. The Balaban J connectivity index is 2.26. The molecule has 0 aromatic carbocycles. The summed E-state index contributed by atoms with van der Waals surface area (Å²) in [7, 11) is 1.78. The number of ether oxygens (including phenoxy) is 1. The molecule has 3 unspecified atom stereocenters. The van der Waals surface area contributed by atoms with Crippen molar-refractivity contribution in [2.24, 2.45) is 5.92 Å². The minimum atomic E-state index is -0.434. The van der Waals surface area contributed by atoms with Gasteiger partial charge in [-0.25, -0.2) is 4.98 Å². The maximum Gasteiger partial charge on any atom is 0.125 e. The van der Waals surface area contributed by atoms with Gasteiger partial charge in [0.1, 0.15) is 10.6 Å². The van der Waals surface area contributed by atoms with Gasteiger partial charge in [-0.2, -0.15) is 0 Å². The molecule has 0 saturated heterocycles. The lowest BCUT2D eigenvalue weighted by Gasteiger charge is -2.37. The first kappa shape index (κ1) is 13.0. The van der Waals surface area contributed by atoms with Crippen LogP contribution in [-0.2, 0) is 10.3 Å². The van der Waals surface area contributed by atoms with Gasteiger partial charge in [-0.15, -0.1) is 11.3 Å². The first-order valence-corrected chi connectivity index (χ1v) is 7.08. The van der Waals surface area contributed by atoms with Gasteiger partial charge in [-0.3, -0.25) is 0 Å². The predicted molar refractivity (Wildman–Crippen MR) is 69.1 cm³/mol. The highest BCUT2D eigenvalue weighted by atomic mass is 32.1. The molecule has 96 valence electrons. The summed E-state index contributed by atoms with van der Waals surface area (Å²) in [5, 5.41) is 10.6. The van der Waals surface area contributed by atoms with E-state index in [1.807, 2.05) is 0 Å². The predicted octanol–water partition coefficient (Wildman–Crippen LogP) is 3.25. The number of aromatic nitrogens is 1. The SMILES string of the molecule is COC1(c2ncc(C(C)O)s2)CCCC(C)C1. The number of rotatable bonds is 3. The Morgan fingerprint density at radius 3 is 2.94 bits per heavy atom. The van der Waals surface area contributed by atoms with E-state index >= 15 is 0 Å². The lowest BCUT2D eigenvalue weighted by molar-refractivity contribution is -0.0580. The third kappa shape index (κ3) is 2.54. The fourth-order valence-electron chi connectivity index (χ4n) is 2.66. The van der Waals surface area contributed by atoms with Crippen molar-refractivity contribution in [1.29, 1.82) is 0 Å². The minimum Gasteiger partial charge on any atom is -0.388 e. The largest absolute Gasteiger partial charge is 0.388 e. The molecular weight excluding hydrogens is 234 g/mol. The van der Waals surface area contributed by atoms with Crippen LogP contribution in [0.5, 0.6) is 0 Å². The van der Waals surface area contributed by atoms with E-state index in [1.54, 1.807) is 31.6 Å². The molecule has 0 radical (unpaired) electrons. The summed E-state index contributed by atoms with van der Waals surface area (Å²) in [4.78, 5) is 5.40. The van der Waals surface area contributed by atoms with Crippen molar-refractivity contribution in [3.8, 4) is 0 Å². The second-order valence-electron chi connectivity index (χ2n) is 5.14. The number of aliphatic hydroxyl groups excluding tert-OH is 1. The Hall–Kier alpha value is -0.450. The quantitative estimate of drug-likeness (QED) is 0.901. The van der Waals surface area contributed by atoms with Gasteiger partial charge in [-0.05, 0) is 32.1 Å². The average molecular weight is 255 g/mol. The standard InChI is InChI=1S/C13H21NO2S/c1-9-5-4-6-13(7-9,16-3)12-14-8-11(17-12)10(2)15/h8-10,15H,4-7H2,1-3H3. The van der Waals surface area contributed by atoms with Gasteiger partial charge in [0.25, 0.3) is 0 Å². The molecule has 0 spiro atoms. The number of nitrogens with zero attached hydrogens (tertiary/aromatic N) is 1. The molecule has 17 heavy (non-hydrogen) atoms. The second-order valence-corrected chi connectivity index (χ2v) is 6.21. The van der Waals surface area contributed by atoms with Crippen LogP contribution in [0.15, 0.2) is 6.20 Å². The van der Waals surface area contributed by atoms with Gasteiger partial charge in [0, 0.05) is 13.3 Å². The molecule has 2 rings (SSSR count). The van der Waals surface area contributed by atoms with Crippen LogP contribution in [0.1, 0.15) is 55.5 Å². The zero-order valence-electron chi connectivity index (χ0n) is 10.8. The molecule has 0 aliphatic heterocycles. The lowest BCUT2D eigenvalue weighted by Crippen LogP contribution is -2.34. The Labute approximate surface area is 107 Å². The number of methoxy groups -OCH3 is 1. The fourth-order valence-corrected chi connectivity index (χ4v) is 3.72. The fraction of sp³-hybridized carbons (Fsp3) is 0.769. The first-order chi connectivity index (χ1) is 8.07. The molecule has 1 aromatic heterocycles. The lowest BCUT2D eigenvalue weighted by atomic mass is 9.79. The number of hydrogen-bond acceptors (Lipinski definition) is 4. The van der Waals surface area contributed by atoms with Crippen LogP contribution in [0.25, 0.3) is 0 Å². The molecule has 1 aliphatic carbocycles. The van der Waals surface area contributed by atoms with Crippen molar-refractivity contribution in [1.82, 2.24) is 4.98 Å². The molecule has 3 atom stereocenters. The van der Waals surface area contributed by atoms with Crippen LogP contribution < -0.4 is 0 Å². The highest BCUT2D eigenvalue weighted by molar-refractivity contribution is 7.11. The van der Waals surface area contributed by atoms with Crippen LogP contribution in [-0.4, -0.2) is 17.2 Å². The Morgan fingerprint density at radius 1 is 1.65 bits per heavy atom. The molecule has 1 aliphatic rings. The molecule has 1 N–H and O–H groups in total. The summed E-state index contributed by atoms with van der Waals surface area (Å²) in [5.41, 5.74) is -0.213. The second kappa shape index (κ2) is 5.04. The summed E-state index contributed by atoms with van der Waals surface area (Å²) < 4.78 is 5.79. The third-order valence-corrected chi connectivity index (χ3v) is 5.02. The summed E-state index contributed by atoms with van der Waals surface area (Å²) in [6.07, 6.45) is 5.90. The van der Waals surface area contributed by atoms with E-state index in [4.69, 9.17) is 4.74 Å². The Bertz CT molecular complexity index is 377. The van der Waals surface area contributed by atoms with E-state index in [9.17, 15) is 5.11 Å². The van der Waals surface area contributed by atoms with Crippen molar-refractivity contribution in [2.75, 3.05) is 7.11 Å². The van der Waals surface area contributed by atoms with E-state index in [1.165, 1.54) is 12.8 Å². The van der Waals surface area contributed by atoms with Gasteiger partial charge in [0.05, 0.1) is 11.0 Å². The van der Waals surface area contributed by atoms with Crippen molar-refractivity contribution in [3.05, 3.63) is 16.1 Å². The molecule has 1 fully saturated rings. The Kier molecular flexibility index (Phi) is 3.85. The van der Waals surface area contributed by atoms with Gasteiger partial charge < -0.3 is 9.84 Å². The zero-order valence-corrected chi connectivity index (χ0v) is 11.6. The summed E-state index contributed by atoms with van der Waals surface area (Å²) >= 11 is 1.59. The third-order valence-electron chi connectivity index (χ3n) is 3.67. The first-order valence-electron chi connectivity index (χ1n) is 6.27. The Morgan fingerprint density at radius 2 is 2.41 bits per heavy atom. The van der Waals surface area contributed by atoms with Crippen LogP contribution in [0.2, 0.25) is 0 Å². The molecule has 1 aromatic rings. The van der Waals surface area contributed by atoms with Crippen LogP contribution in [0, 0.1) is 5.92 Å². The zero-order chi connectivity index (χ0) is 12.5.